The Kier molecular flexibility index (Phi) is 1.91. The topological polar surface area (TPSA) is 0 Å². The summed E-state index contributed by atoms with van der Waals surface area (Å²) < 4.78 is 0. The van der Waals surface area contributed by atoms with Gasteiger partial charge in [0.15, 0.2) is 0 Å². The number of benzene rings is 1. The Morgan fingerprint density at radius 3 is 2.91 bits per heavy atom. The van der Waals surface area contributed by atoms with E-state index in [1.165, 1.54) is 18.6 Å². The van der Waals surface area contributed by atoms with E-state index in [1.54, 1.807) is 10.5 Å². The summed E-state index contributed by atoms with van der Waals surface area (Å²) in [5.74, 6) is 1.44. The predicted molar refractivity (Wildman–Crippen MR) is 52.8 cm³/mol. The smallest absolute Gasteiger partial charge is 0.00953 e. The zero-order valence-corrected chi connectivity index (χ0v) is 7.77. The summed E-state index contributed by atoms with van der Waals surface area (Å²) in [4.78, 5) is 1.65. The van der Waals surface area contributed by atoms with E-state index in [2.05, 4.69) is 30.5 Å². The second-order valence-electron chi connectivity index (χ2n) is 3.15. The van der Waals surface area contributed by atoms with Crippen LogP contribution < -0.4 is 0 Å². The second kappa shape index (κ2) is 2.90. The van der Waals surface area contributed by atoms with Gasteiger partial charge in [0.2, 0.25) is 0 Å². The molecule has 1 atom stereocenters. The first-order valence-corrected chi connectivity index (χ1v) is 6.14. The number of rotatable bonds is 0. The van der Waals surface area contributed by atoms with Gasteiger partial charge in [0.05, 0.1) is 0 Å². The zero-order chi connectivity index (χ0) is 7.68. The van der Waals surface area contributed by atoms with Crippen molar-refractivity contribution in [3.8, 4) is 0 Å². The van der Waals surface area contributed by atoms with Crippen LogP contribution in [-0.4, -0.2) is 12.0 Å². The molecule has 1 aromatic carbocycles. The van der Waals surface area contributed by atoms with Crippen LogP contribution in [0.3, 0.4) is 0 Å². The lowest BCUT2D eigenvalue weighted by atomic mass is 10.1. The molecule has 0 spiro atoms. The number of thiol groups is 1. The van der Waals surface area contributed by atoms with Crippen molar-refractivity contribution < 1.29 is 0 Å². The fraction of sp³-hybridized carbons (Fsp3) is 0.400. The van der Waals surface area contributed by atoms with Crippen molar-refractivity contribution in [1.29, 1.82) is 0 Å². The summed E-state index contributed by atoms with van der Waals surface area (Å²) in [7, 11) is 0.193. The average molecular weight is 166 g/mol. The predicted octanol–water partition coefficient (Wildman–Crippen LogP) is 2.62. The van der Waals surface area contributed by atoms with Gasteiger partial charge in [-0.2, -0.15) is 0 Å². The van der Waals surface area contributed by atoms with Crippen LogP contribution in [0.25, 0.3) is 0 Å². The molecule has 0 fully saturated rings. The normalized spacial score (nSPS) is 26.1. The molecule has 11 heavy (non-hydrogen) atoms. The molecule has 1 heterocycles. The number of fused-ring (bicyclic) bond motifs is 1. The molecular weight excluding hydrogens is 152 g/mol. The van der Waals surface area contributed by atoms with E-state index in [4.69, 9.17) is 0 Å². The average Bonchev–Trinajstić information content (AvgIpc) is 2.06. The first-order valence-electron chi connectivity index (χ1n) is 4.17. The van der Waals surface area contributed by atoms with Crippen molar-refractivity contribution in [2.45, 2.75) is 17.7 Å². The number of aryl methyl sites for hydroxylation is 1. The summed E-state index contributed by atoms with van der Waals surface area (Å²) in [6.45, 7) is 0. The maximum atomic E-state index is 2.40. The lowest BCUT2D eigenvalue weighted by Gasteiger charge is -2.24. The molecular formula is C10H14S. The van der Waals surface area contributed by atoms with E-state index in [-0.39, 0.29) is 10.9 Å². The molecule has 0 bridgehead atoms. The Bertz CT molecular complexity index is 255. The Morgan fingerprint density at radius 1 is 1.27 bits per heavy atom. The molecule has 1 aliphatic rings. The highest BCUT2D eigenvalue weighted by molar-refractivity contribution is 8.16. The first-order chi connectivity index (χ1) is 5.38. The fourth-order valence-electron chi connectivity index (χ4n) is 1.72. The van der Waals surface area contributed by atoms with E-state index < -0.39 is 0 Å². The van der Waals surface area contributed by atoms with Gasteiger partial charge in [-0.05, 0) is 35.3 Å². The van der Waals surface area contributed by atoms with Crippen LogP contribution in [0.15, 0.2) is 29.2 Å². The molecule has 2 rings (SSSR count). The van der Waals surface area contributed by atoms with Gasteiger partial charge in [0.1, 0.15) is 0 Å². The number of hydrogen-bond acceptors (Lipinski definition) is 0. The lowest BCUT2D eigenvalue weighted by molar-refractivity contribution is 0.885. The van der Waals surface area contributed by atoms with Gasteiger partial charge in [-0.15, -0.1) is 0 Å². The van der Waals surface area contributed by atoms with E-state index in [0.717, 1.165) is 0 Å². The molecule has 60 valence electrons. The molecule has 0 aliphatic carbocycles. The van der Waals surface area contributed by atoms with Crippen molar-refractivity contribution in [1.82, 2.24) is 0 Å². The van der Waals surface area contributed by atoms with E-state index >= 15 is 0 Å². The van der Waals surface area contributed by atoms with Crippen molar-refractivity contribution in [2.75, 3.05) is 12.0 Å². The number of hydrogen-bond donors (Lipinski definition) is 1. The van der Waals surface area contributed by atoms with E-state index in [9.17, 15) is 0 Å². The van der Waals surface area contributed by atoms with Crippen LogP contribution in [0.2, 0.25) is 0 Å². The third kappa shape index (κ3) is 1.30. The second-order valence-corrected chi connectivity index (χ2v) is 5.48. The molecule has 1 aliphatic heterocycles. The van der Waals surface area contributed by atoms with Crippen molar-refractivity contribution in [3.63, 3.8) is 0 Å². The third-order valence-electron chi connectivity index (χ3n) is 2.34. The Balaban J connectivity index is 2.44. The summed E-state index contributed by atoms with van der Waals surface area (Å²) >= 11 is 0. The minimum Gasteiger partial charge on any atom is -0.230 e. The molecule has 1 unspecified atom stereocenters. The molecule has 0 amide bonds. The minimum absolute atomic E-state index is 0.193. The summed E-state index contributed by atoms with van der Waals surface area (Å²) in [6, 6.07) is 8.92. The molecule has 0 aromatic heterocycles. The van der Waals surface area contributed by atoms with Crippen LogP contribution in [0.4, 0.5) is 0 Å². The van der Waals surface area contributed by atoms with Gasteiger partial charge in [-0.1, -0.05) is 24.3 Å². The quantitative estimate of drug-likeness (QED) is 0.563. The van der Waals surface area contributed by atoms with Crippen molar-refractivity contribution in [2.24, 2.45) is 0 Å². The molecule has 0 N–H and O–H groups in total. The van der Waals surface area contributed by atoms with Gasteiger partial charge in [-0.25, -0.2) is 10.9 Å². The van der Waals surface area contributed by atoms with E-state index in [0.29, 0.717) is 0 Å². The SMILES string of the molecule is C[SH]1CCCc2ccccc21. The van der Waals surface area contributed by atoms with Gasteiger partial charge < -0.3 is 0 Å². The Labute approximate surface area is 71.0 Å². The summed E-state index contributed by atoms with van der Waals surface area (Å²) in [5, 5.41) is 0. The standard InChI is InChI=1S/C10H14S/c1-11-8-4-6-9-5-2-3-7-10(9)11/h2-3,5,7,11H,4,6,8H2,1H3. The fourth-order valence-corrected chi connectivity index (χ4v) is 3.61. The maximum absolute atomic E-state index is 2.40. The molecule has 0 radical (unpaired) electrons. The molecule has 0 saturated heterocycles. The molecule has 0 saturated carbocycles. The monoisotopic (exact) mass is 166 g/mol. The van der Waals surface area contributed by atoms with Crippen molar-refractivity contribution >= 4 is 10.9 Å². The van der Waals surface area contributed by atoms with Gasteiger partial charge >= 0.3 is 0 Å². The summed E-state index contributed by atoms with van der Waals surface area (Å²) in [6.07, 6.45) is 5.11. The lowest BCUT2D eigenvalue weighted by Crippen LogP contribution is -2.02. The van der Waals surface area contributed by atoms with Crippen molar-refractivity contribution in [3.05, 3.63) is 29.8 Å². The van der Waals surface area contributed by atoms with Crippen LogP contribution >= 0.6 is 10.9 Å². The molecule has 1 heteroatoms. The van der Waals surface area contributed by atoms with Crippen LogP contribution in [0, 0.1) is 0 Å². The Hall–Kier alpha value is -0.430. The van der Waals surface area contributed by atoms with Gasteiger partial charge in [0, 0.05) is 0 Å². The van der Waals surface area contributed by atoms with Gasteiger partial charge in [0.25, 0.3) is 0 Å². The Morgan fingerprint density at radius 2 is 2.09 bits per heavy atom. The van der Waals surface area contributed by atoms with Gasteiger partial charge in [-0.3, -0.25) is 0 Å². The maximum Gasteiger partial charge on any atom is -0.00953 e. The molecule has 0 nitrogen and oxygen atoms in total. The minimum atomic E-state index is 0.193. The largest absolute Gasteiger partial charge is 0.230 e. The summed E-state index contributed by atoms with van der Waals surface area (Å²) in [5.41, 5.74) is 1.60. The van der Waals surface area contributed by atoms with Crippen LogP contribution in [0.5, 0.6) is 0 Å². The highest BCUT2D eigenvalue weighted by Gasteiger charge is 2.11. The van der Waals surface area contributed by atoms with Crippen LogP contribution in [0.1, 0.15) is 12.0 Å². The third-order valence-corrected chi connectivity index (χ3v) is 4.59. The zero-order valence-electron chi connectivity index (χ0n) is 6.88. The molecule has 1 aromatic rings. The van der Waals surface area contributed by atoms with E-state index in [1.807, 2.05) is 0 Å². The highest BCUT2D eigenvalue weighted by atomic mass is 32.2. The first kappa shape index (κ1) is 7.23. The highest BCUT2D eigenvalue weighted by Crippen LogP contribution is 2.39. The van der Waals surface area contributed by atoms with Crippen LogP contribution in [-0.2, 0) is 6.42 Å².